The minimum absolute atomic E-state index is 0.0120. The molecule has 6 heteroatoms. The maximum absolute atomic E-state index is 11.4. The third-order valence-corrected chi connectivity index (χ3v) is 5.00. The highest BCUT2D eigenvalue weighted by atomic mass is 32.2. The molecule has 0 heterocycles. The third-order valence-electron chi connectivity index (χ3n) is 3.98. The van der Waals surface area contributed by atoms with Gasteiger partial charge in [-0.05, 0) is 30.5 Å². The minimum Gasteiger partial charge on any atom is -0.497 e. The summed E-state index contributed by atoms with van der Waals surface area (Å²) in [4.78, 5) is 0. The SMILES string of the molecule is COc1cccc(COCC2(CS(N)(=O)=O)CCCC2)c1. The summed E-state index contributed by atoms with van der Waals surface area (Å²) in [6, 6.07) is 7.67. The maximum Gasteiger partial charge on any atom is 0.209 e. The van der Waals surface area contributed by atoms with Gasteiger partial charge in [-0.15, -0.1) is 0 Å². The van der Waals surface area contributed by atoms with Crippen molar-refractivity contribution in [3.05, 3.63) is 29.8 Å². The summed E-state index contributed by atoms with van der Waals surface area (Å²) in [5, 5.41) is 5.22. The maximum atomic E-state index is 11.4. The van der Waals surface area contributed by atoms with E-state index < -0.39 is 10.0 Å². The van der Waals surface area contributed by atoms with E-state index in [2.05, 4.69) is 0 Å². The predicted molar refractivity (Wildman–Crippen MR) is 81.5 cm³/mol. The van der Waals surface area contributed by atoms with E-state index in [1.54, 1.807) is 7.11 Å². The van der Waals surface area contributed by atoms with E-state index in [-0.39, 0.29) is 11.2 Å². The van der Waals surface area contributed by atoms with Crippen LogP contribution in [0.2, 0.25) is 0 Å². The van der Waals surface area contributed by atoms with Crippen LogP contribution in [0.3, 0.4) is 0 Å². The van der Waals surface area contributed by atoms with Crippen molar-refractivity contribution >= 4 is 10.0 Å². The van der Waals surface area contributed by atoms with Crippen LogP contribution in [0.25, 0.3) is 0 Å². The Kier molecular flexibility index (Phi) is 5.24. The van der Waals surface area contributed by atoms with E-state index in [4.69, 9.17) is 14.6 Å². The summed E-state index contributed by atoms with van der Waals surface area (Å²) < 4.78 is 33.8. The fourth-order valence-electron chi connectivity index (χ4n) is 3.03. The molecule has 0 atom stereocenters. The quantitative estimate of drug-likeness (QED) is 0.835. The minimum atomic E-state index is -3.47. The Hall–Kier alpha value is -1.11. The molecule has 0 bridgehead atoms. The topological polar surface area (TPSA) is 78.6 Å². The lowest BCUT2D eigenvalue weighted by atomic mass is 9.90. The van der Waals surface area contributed by atoms with Gasteiger partial charge in [0.05, 0.1) is 26.1 Å². The number of rotatable bonds is 7. The highest BCUT2D eigenvalue weighted by molar-refractivity contribution is 7.89. The molecule has 1 aliphatic rings. The van der Waals surface area contributed by atoms with Crippen LogP contribution in [0, 0.1) is 5.41 Å². The zero-order valence-corrected chi connectivity index (χ0v) is 13.2. The summed E-state index contributed by atoms with van der Waals surface area (Å²) >= 11 is 0. The van der Waals surface area contributed by atoms with Crippen molar-refractivity contribution in [3.8, 4) is 5.75 Å². The zero-order chi connectivity index (χ0) is 15.3. The third kappa shape index (κ3) is 4.98. The lowest BCUT2D eigenvalue weighted by molar-refractivity contribution is 0.0471. The van der Waals surface area contributed by atoms with Crippen LogP contribution in [0.15, 0.2) is 24.3 Å². The van der Waals surface area contributed by atoms with Crippen LogP contribution in [-0.4, -0.2) is 27.9 Å². The van der Waals surface area contributed by atoms with Gasteiger partial charge in [-0.25, -0.2) is 13.6 Å². The molecule has 0 aliphatic heterocycles. The number of hydrogen-bond donors (Lipinski definition) is 1. The summed E-state index contributed by atoms with van der Waals surface area (Å²) in [6.07, 6.45) is 3.80. The highest BCUT2D eigenvalue weighted by Crippen LogP contribution is 2.39. The Morgan fingerprint density at radius 1 is 1.29 bits per heavy atom. The molecule has 0 spiro atoms. The Bertz CT molecular complexity index is 565. The van der Waals surface area contributed by atoms with Crippen molar-refractivity contribution in [1.29, 1.82) is 0 Å². The molecule has 21 heavy (non-hydrogen) atoms. The molecule has 0 aromatic heterocycles. The van der Waals surface area contributed by atoms with Gasteiger partial charge in [0.25, 0.3) is 0 Å². The largest absolute Gasteiger partial charge is 0.497 e. The molecule has 2 N–H and O–H groups in total. The monoisotopic (exact) mass is 313 g/mol. The van der Waals surface area contributed by atoms with Gasteiger partial charge in [0.2, 0.25) is 10.0 Å². The summed E-state index contributed by atoms with van der Waals surface area (Å²) in [5.74, 6) is 0.800. The second kappa shape index (κ2) is 6.77. The molecule has 2 rings (SSSR count). The van der Waals surface area contributed by atoms with Crippen molar-refractivity contribution in [3.63, 3.8) is 0 Å². The molecule has 0 radical (unpaired) electrons. The second-order valence-electron chi connectivity index (χ2n) is 5.86. The van der Waals surface area contributed by atoms with Crippen molar-refractivity contribution in [1.82, 2.24) is 0 Å². The molecule has 118 valence electrons. The number of hydrogen-bond acceptors (Lipinski definition) is 4. The number of methoxy groups -OCH3 is 1. The lowest BCUT2D eigenvalue weighted by Crippen LogP contribution is -2.35. The van der Waals surface area contributed by atoms with Gasteiger partial charge in [0.15, 0.2) is 0 Å². The first kappa shape index (κ1) is 16.3. The van der Waals surface area contributed by atoms with E-state index in [9.17, 15) is 8.42 Å². The number of nitrogens with two attached hydrogens (primary N) is 1. The van der Waals surface area contributed by atoms with Gasteiger partial charge >= 0.3 is 0 Å². The van der Waals surface area contributed by atoms with Gasteiger partial charge < -0.3 is 9.47 Å². The first-order valence-corrected chi connectivity index (χ1v) is 8.85. The predicted octanol–water partition coefficient (Wildman–Crippen LogP) is 2.06. The van der Waals surface area contributed by atoms with Crippen LogP contribution in [0.1, 0.15) is 31.2 Å². The molecule has 1 aromatic carbocycles. The zero-order valence-electron chi connectivity index (χ0n) is 12.4. The fraction of sp³-hybridized carbons (Fsp3) is 0.600. The van der Waals surface area contributed by atoms with Crippen molar-refractivity contribution in [2.45, 2.75) is 32.3 Å². The van der Waals surface area contributed by atoms with Crippen LogP contribution >= 0.6 is 0 Å². The summed E-state index contributed by atoms with van der Waals surface area (Å²) in [7, 11) is -1.85. The van der Waals surface area contributed by atoms with Gasteiger partial charge in [-0.3, -0.25) is 0 Å². The van der Waals surface area contributed by atoms with Crippen molar-refractivity contribution in [2.24, 2.45) is 10.6 Å². The molecule has 1 fully saturated rings. The van der Waals surface area contributed by atoms with Crippen molar-refractivity contribution in [2.75, 3.05) is 19.5 Å². The Balaban J connectivity index is 1.93. The second-order valence-corrected chi connectivity index (χ2v) is 7.47. The smallest absolute Gasteiger partial charge is 0.209 e. The molecule has 0 unspecified atom stereocenters. The van der Waals surface area contributed by atoms with E-state index in [1.807, 2.05) is 24.3 Å². The first-order valence-electron chi connectivity index (χ1n) is 7.14. The molecule has 0 amide bonds. The highest BCUT2D eigenvalue weighted by Gasteiger charge is 2.37. The Labute approximate surface area is 126 Å². The average Bonchev–Trinajstić information content (AvgIpc) is 2.85. The van der Waals surface area contributed by atoms with Crippen LogP contribution in [-0.2, 0) is 21.4 Å². The number of benzene rings is 1. The fourth-order valence-corrected chi connectivity index (χ4v) is 4.26. The first-order chi connectivity index (χ1) is 9.92. The molecule has 5 nitrogen and oxygen atoms in total. The van der Waals surface area contributed by atoms with Gasteiger partial charge in [0.1, 0.15) is 5.75 Å². The lowest BCUT2D eigenvalue weighted by Gasteiger charge is -2.27. The number of primary sulfonamides is 1. The molecule has 1 aliphatic carbocycles. The van der Waals surface area contributed by atoms with Crippen LogP contribution < -0.4 is 9.88 Å². The van der Waals surface area contributed by atoms with E-state index >= 15 is 0 Å². The summed E-state index contributed by atoms with van der Waals surface area (Å²) in [5.41, 5.74) is 0.699. The summed E-state index contributed by atoms with van der Waals surface area (Å²) in [6.45, 7) is 0.879. The van der Waals surface area contributed by atoms with Crippen LogP contribution in [0.5, 0.6) is 5.75 Å². The number of ether oxygens (including phenoxy) is 2. The van der Waals surface area contributed by atoms with Gasteiger partial charge in [-0.1, -0.05) is 25.0 Å². The Morgan fingerprint density at radius 2 is 2.00 bits per heavy atom. The average molecular weight is 313 g/mol. The molecular weight excluding hydrogens is 290 g/mol. The molecule has 1 saturated carbocycles. The molecular formula is C15H23NO4S. The Morgan fingerprint density at radius 3 is 2.62 bits per heavy atom. The van der Waals surface area contributed by atoms with Gasteiger partial charge in [-0.2, -0.15) is 0 Å². The van der Waals surface area contributed by atoms with E-state index in [0.29, 0.717) is 13.2 Å². The standard InChI is InChI=1S/C15H23NO4S/c1-19-14-6-4-5-13(9-14)10-20-11-15(7-2-3-8-15)12-21(16,17)18/h4-6,9H,2-3,7-8,10-12H2,1H3,(H2,16,17,18). The van der Waals surface area contributed by atoms with Gasteiger partial charge in [0, 0.05) is 5.41 Å². The normalized spacial score (nSPS) is 17.8. The molecule has 1 aromatic rings. The number of sulfonamides is 1. The van der Waals surface area contributed by atoms with Crippen molar-refractivity contribution < 1.29 is 17.9 Å². The molecule has 0 saturated heterocycles. The van der Waals surface area contributed by atoms with E-state index in [0.717, 1.165) is 37.0 Å². The van der Waals surface area contributed by atoms with E-state index in [1.165, 1.54) is 0 Å². The van der Waals surface area contributed by atoms with Crippen LogP contribution in [0.4, 0.5) is 0 Å².